The van der Waals surface area contributed by atoms with E-state index in [0.29, 0.717) is 6.04 Å². The van der Waals surface area contributed by atoms with Crippen LogP contribution in [0.2, 0.25) is 0 Å². The molecule has 1 heterocycles. The molecule has 0 spiro atoms. The van der Waals surface area contributed by atoms with Crippen LogP contribution in [0.15, 0.2) is 0 Å². The summed E-state index contributed by atoms with van der Waals surface area (Å²) in [6.07, 6.45) is 2.55. The number of rotatable bonds is 5. The van der Waals surface area contributed by atoms with Gasteiger partial charge in [0.1, 0.15) is 5.54 Å². The summed E-state index contributed by atoms with van der Waals surface area (Å²) in [5, 5.41) is 12.6. The van der Waals surface area contributed by atoms with Gasteiger partial charge in [0.05, 0.1) is 6.07 Å². The third kappa shape index (κ3) is 3.77. The quantitative estimate of drug-likeness (QED) is 0.775. The highest BCUT2D eigenvalue weighted by atomic mass is 15.2. The summed E-state index contributed by atoms with van der Waals surface area (Å²) >= 11 is 0. The Morgan fingerprint density at radius 3 is 2.69 bits per heavy atom. The highest BCUT2D eigenvalue weighted by Crippen LogP contribution is 2.21. The molecule has 1 aliphatic heterocycles. The molecule has 0 aromatic carbocycles. The Bertz CT molecular complexity index is 256. The van der Waals surface area contributed by atoms with Gasteiger partial charge in [-0.3, -0.25) is 5.32 Å². The van der Waals surface area contributed by atoms with E-state index in [-0.39, 0.29) is 0 Å². The Kier molecular flexibility index (Phi) is 4.76. The van der Waals surface area contributed by atoms with Gasteiger partial charge in [-0.1, -0.05) is 13.3 Å². The van der Waals surface area contributed by atoms with Crippen molar-refractivity contribution in [2.45, 2.75) is 52.1 Å². The third-order valence-electron chi connectivity index (χ3n) is 3.34. The zero-order valence-corrected chi connectivity index (χ0v) is 11.1. The molecule has 92 valence electrons. The third-order valence-corrected chi connectivity index (χ3v) is 3.34. The molecule has 16 heavy (non-hydrogen) atoms. The first kappa shape index (κ1) is 13.5. The summed E-state index contributed by atoms with van der Waals surface area (Å²) in [5.41, 5.74) is -0.406. The number of nitrogens with zero attached hydrogens (tertiary/aromatic N) is 2. The summed E-state index contributed by atoms with van der Waals surface area (Å²) in [7, 11) is 0. The molecule has 0 amide bonds. The Morgan fingerprint density at radius 1 is 1.56 bits per heavy atom. The van der Waals surface area contributed by atoms with Crippen molar-refractivity contribution in [1.82, 2.24) is 10.2 Å². The first-order valence-electron chi connectivity index (χ1n) is 6.40. The lowest BCUT2D eigenvalue weighted by Crippen LogP contribution is -2.52. The van der Waals surface area contributed by atoms with Gasteiger partial charge in [0.25, 0.3) is 0 Å². The van der Waals surface area contributed by atoms with Crippen LogP contribution in [-0.4, -0.2) is 36.1 Å². The van der Waals surface area contributed by atoms with Gasteiger partial charge >= 0.3 is 0 Å². The number of nitrogens with one attached hydrogen (secondary N) is 1. The Balaban J connectivity index is 2.48. The molecule has 1 fully saturated rings. The highest BCUT2D eigenvalue weighted by Gasteiger charge is 2.30. The molecular weight excluding hydrogens is 198 g/mol. The minimum absolute atomic E-state index is 0.356. The fourth-order valence-electron chi connectivity index (χ4n) is 2.59. The first-order chi connectivity index (χ1) is 7.49. The Morgan fingerprint density at radius 2 is 2.25 bits per heavy atom. The fraction of sp³-hybridized carbons (Fsp3) is 0.923. The molecule has 3 heteroatoms. The SMILES string of the molecule is CCC1CCN(CC(C)(C#N)NC(C)C)C1. The molecule has 2 atom stereocenters. The van der Waals surface area contributed by atoms with Crippen LogP contribution in [-0.2, 0) is 0 Å². The maximum atomic E-state index is 9.28. The van der Waals surface area contributed by atoms with Gasteiger partial charge in [-0.2, -0.15) is 5.26 Å². The van der Waals surface area contributed by atoms with E-state index < -0.39 is 5.54 Å². The average Bonchev–Trinajstić information content (AvgIpc) is 2.64. The second kappa shape index (κ2) is 5.65. The molecule has 0 radical (unpaired) electrons. The van der Waals surface area contributed by atoms with Gasteiger partial charge in [0.2, 0.25) is 0 Å². The predicted molar refractivity (Wildman–Crippen MR) is 67.1 cm³/mol. The van der Waals surface area contributed by atoms with E-state index >= 15 is 0 Å². The summed E-state index contributed by atoms with van der Waals surface area (Å²) < 4.78 is 0. The van der Waals surface area contributed by atoms with E-state index in [1.165, 1.54) is 12.8 Å². The second-order valence-electron chi connectivity index (χ2n) is 5.54. The van der Waals surface area contributed by atoms with Crippen molar-refractivity contribution in [1.29, 1.82) is 5.26 Å². The van der Waals surface area contributed by atoms with Gasteiger partial charge in [-0.25, -0.2) is 0 Å². The van der Waals surface area contributed by atoms with E-state index in [2.05, 4.69) is 37.1 Å². The zero-order chi connectivity index (χ0) is 12.2. The zero-order valence-electron chi connectivity index (χ0n) is 11.1. The molecular formula is C13H25N3. The minimum Gasteiger partial charge on any atom is -0.300 e. The standard InChI is InChI=1S/C13H25N3/c1-5-12-6-7-16(8-12)10-13(4,9-14)15-11(2)3/h11-12,15H,5-8,10H2,1-4H3. The Hall–Kier alpha value is -0.590. The molecule has 1 rings (SSSR count). The second-order valence-corrected chi connectivity index (χ2v) is 5.54. The summed E-state index contributed by atoms with van der Waals surface area (Å²) in [4.78, 5) is 2.42. The monoisotopic (exact) mass is 223 g/mol. The van der Waals surface area contributed by atoms with Crippen LogP contribution in [0.1, 0.15) is 40.5 Å². The first-order valence-corrected chi connectivity index (χ1v) is 6.40. The number of hydrogen-bond acceptors (Lipinski definition) is 3. The van der Waals surface area contributed by atoms with Gasteiger partial charge < -0.3 is 4.90 Å². The summed E-state index contributed by atoms with van der Waals surface area (Å²) in [6, 6.07) is 2.77. The molecule has 0 bridgehead atoms. The van der Waals surface area contributed by atoms with Crippen LogP contribution in [0.5, 0.6) is 0 Å². The van der Waals surface area contributed by atoms with Crippen LogP contribution in [0.4, 0.5) is 0 Å². The topological polar surface area (TPSA) is 39.1 Å². The summed E-state index contributed by atoms with van der Waals surface area (Å²) in [5.74, 6) is 0.835. The molecule has 1 saturated heterocycles. The van der Waals surface area contributed by atoms with Crippen molar-refractivity contribution in [2.75, 3.05) is 19.6 Å². The van der Waals surface area contributed by atoms with E-state index in [9.17, 15) is 5.26 Å². The lowest BCUT2D eigenvalue weighted by molar-refractivity contribution is 0.244. The molecule has 0 aromatic heterocycles. The van der Waals surface area contributed by atoms with Gasteiger partial charge in [-0.05, 0) is 39.7 Å². The van der Waals surface area contributed by atoms with E-state index in [0.717, 1.165) is 25.6 Å². The maximum Gasteiger partial charge on any atom is 0.116 e. The number of nitriles is 1. The van der Waals surface area contributed by atoms with Gasteiger partial charge in [-0.15, -0.1) is 0 Å². The van der Waals surface area contributed by atoms with Crippen LogP contribution in [0.25, 0.3) is 0 Å². The van der Waals surface area contributed by atoms with E-state index in [1.807, 2.05) is 6.92 Å². The maximum absolute atomic E-state index is 9.28. The number of hydrogen-bond donors (Lipinski definition) is 1. The lowest BCUT2D eigenvalue weighted by Gasteiger charge is -2.30. The van der Waals surface area contributed by atoms with Crippen LogP contribution < -0.4 is 5.32 Å². The average molecular weight is 223 g/mol. The molecule has 2 unspecified atom stereocenters. The normalized spacial score (nSPS) is 25.6. The van der Waals surface area contributed by atoms with Gasteiger partial charge in [0.15, 0.2) is 0 Å². The Labute approximate surface area is 99.8 Å². The molecule has 0 aromatic rings. The predicted octanol–water partition coefficient (Wildman–Crippen LogP) is 2.00. The lowest BCUT2D eigenvalue weighted by atomic mass is 10.0. The molecule has 1 aliphatic rings. The molecule has 1 N–H and O–H groups in total. The van der Waals surface area contributed by atoms with Gasteiger partial charge in [0, 0.05) is 19.1 Å². The van der Waals surface area contributed by atoms with E-state index in [4.69, 9.17) is 0 Å². The van der Waals surface area contributed by atoms with Crippen molar-refractivity contribution >= 4 is 0 Å². The fourth-order valence-corrected chi connectivity index (χ4v) is 2.59. The van der Waals surface area contributed by atoms with Crippen molar-refractivity contribution < 1.29 is 0 Å². The van der Waals surface area contributed by atoms with Crippen molar-refractivity contribution in [2.24, 2.45) is 5.92 Å². The molecule has 0 aliphatic carbocycles. The highest BCUT2D eigenvalue weighted by molar-refractivity contribution is 5.07. The van der Waals surface area contributed by atoms with Crippen molar-refractivity contribution in [3.8, 4) is 6.07 Å². The minimum atomic E-state index is -0.406. The van der Waals surface area contributed by atoms with Crippen molar-refractivity contribution in [3.05, 3.63) is 0 Å². The van der Waals surface area contributed by atoms with Crippen LogP contribution in [0, 0.1) is 17.2 Å². The van der Waals surface area contributed by atoms with E-state index in [1.54, 1.807) is 0 Å². The van der Waals surface area contributed by atoms with Crippen LogP contribution >= 0.6 is 0 Å². The molecule has 0 saturated carbocycles. The van der Waals surface area contributed by atoms with Crippen molar-refractivity contribution in [3.63, 3.8) is 0 Å². The molecule has 3 nitrogen and oxygen atoms in total. The number of likely N-dealkylation sites (tertiary alicyclic amines) is 1. The van der Waals surface area contributed by atoms with Crippen LogP contribution in [0.3, 0.4) is 0 Å². The largest absolute Gasteiger partial charge is 0.300 e. The smallest absolute Gasteiger partial charge is 0.116 e. The summed E-state index contributed by atoms with van der Waals surface area (Å²) in [6.45, 7) is 11.6.